The Morgan fingerprint density at radius 3 is 2.62 bits per heavy atom. The molecule has 16 heavy (non-hydrogen) atoms. The maximum atomic E-state index is 11.4. The molecule has 2 atom stereocenters. The van der Waals surface area contributed by atoms with Crippen LogP contribution >= 0.6 is 11.6 Å². The second kappa shape index (κ2) is 6.45. The number of halogens is 1. The molecule has 1 aliphatic rings. The standard InChI is InChI=1S/C12H23ClN2O/c1-9(2)15(3)11-7-5-4-6-10(11)14-12(16)8-13/h9-11H,4-8H2,1-3H3,(H,14,16)/t10-,11+/m0/s1. The van der Waals surface area contributed by atoms with Crippen molar-refractivity contribution in [3.63, 3.8) is 0 Å². The fourth-order valence-corrected chi connectivity index (χ4v) is 2.47. The van der Waals surface area contributed by atoms with E-state index in [9.17, 15) is 4.79 Å². The van der Waals surface area contributed by atoms with Crippen molar-refractivity contribution in [3.05, 3.63) is 0 Å². The Labute approximate surface area is 104 Å². The maximum Gasteiger partial charge on any atom is 0.235 e. The number of rotatable bonds is 4. The predicted molar refractivity (Wildman–Crippen MR) is 67.8 cm³/mol. The minimum Gasteiger partial charge on any atom is -0.351 e. The average molecular weight is 247 g/mol. The van der Waals surface area contributed by atoms with Crippen LogP contribution in [-0.4, -0.2) is 41.9 Å². The van der Waals surface area contributed by atoms with Crippen LogP contribution in [0.25, 0.3) is 0 Å². The molecule has 0 aromatic rings. The highest BCUT2D eigenvalue weighted by Gasteiger charge is 2.30. The first kappa shape index (κ1) is 13.8. The highest BCUT2D eigenvalue weighted by atomic mass is 35.5. The largest absolute Gasteiger partial charge is 0.351 e. The highest BCUT2D eigenvalue weighted by Crippen LogP contribution is 2.23. The summed E-state index contributed by atoms with van der Waals surface area (Å²) in [4.78, 5) is 13.7. The molecule has 1 rings (SSSR count). The number of carbonyl (C=O) groups excluding carboxylic acids is 1. The zero-order valence-corrected chi connectivity index (χ0v) is 11.3. The number of amides is 1. The van der Waals surface area contributed by atoms with E-state index in [-0.39, 0.29) is 17.8 Å². The van der Waals surface area contributed by atoms with Gasteiger partial charge in [-0.25, -0.2) is 0 Å². The normalized spacial score (nSPS) is 26.1. The van der Waals surface area contributed by atoms with Gasteiger partial charge >= 0.3 is 0 Å². The van der Waals surface area contributed by atoms with E-state index in [1.54, 1.807) is 0 Å². The molecule has 0 aromatic carbocycles. The lowest BCUT2D eigenvalue weighted by atomic mass is 9.88. The SMILES string of the molecule is CC(C)N(C)[C@@H]1CCCC[C@@H]1NC(=O)CCl. The number of likely N-dealkylation sites (N-methyl/N-ethyl adjacent to an activating group) is 1. The molecule has 0 spiro atoms. The topological polar surface area (TPSA) is 32.3 Å². The molecule has 0 bridgehead atoms. The lowest BCUT2D eigenvalue weighted by Gasteiger charge is -2.40. The first-order chi connectivity index (χ1) is 7.56. The third-order valence-electron chi connectivity index (χ3n) is 3.53. The molecule has 0 heterocycles. The van der Waals surface area contributed by atoms with Gasteiger partial charge in [0, 0.05) is 18.1 Å². The van der Waals surface area contributed by atoms with Gasteiger partial charge < -0.3 is 5.32 Å². The second-order valence-corrected chi connectivity index (χ2v) is 5.19. The van der Waals surface area contributed by atoms with Gasteiger partial charge in [0.2, 0.25) is 5.91 Å². The summed E-state index contributed by atoms with van der Waals surface area (Å²) in [6, 6.07) is 1.24. The molecule has 0 aliphatic heterocycles. The van der Waals surface area contributed by atoms with Crippen molar-refractivity contribution in [2.45, 2.75) is 57.7 Å². The summed E-state index contributed by atoms with van der Waals surface area (Å²) in [5.74, 6) is 0.0185. The summed E-state index contributed by atoms with van der Waals surface area (Å²) in [5, 5.41) is 3.04. The molecule has 1 fully saturated rings. The van der Waals surface area contributed by atoms with Gasteiger partial charge in [0.1, 0.15) is 5.88 Å². The van der Waals surface area contributed by atoms with Crippen LogP contribution < -0.4 is 5.32 Å². The van der Waals surface area contributed by atoms with Gasteiger partial charge in [-0.15, -0.1) is 11.6 Å². The van der Waals surface area contributed by atoms with E-state index >= 15 is 0 Å². The van der Waals surface area contributed by atoms with E-state index < -0.39 is 0 Å². The summed E-state index contributed by atoms with van der Waals surface area (Å²) in [7, 11) is 2.14. The van der Waals surface area contributed by atoms with E-state index in [4.69, 9.17) is 11.6 Å². The molecule has 94 valence electrons. The third-order valence-corrected chi connectivity index (χ3v) is 3.78. The zero-order valence-electron chi connectivity index (χ0n) is 10.5. The van der Waals surface area contributed by atoms with Crippen LogP contribution in [0.4, 0.5) is 0 Å². The smallest absolute Gasteiger partial charge is 0.235 e. The van der Waals surface area contributed by atoms with E-state index in [1.807, 2.05) is 0 Å². The number of carbonyl (C=O) groups is 1. The molecule has 0 unspecified atom stereocenters. The lowest BCUT2D eigenvalue weighted by Crippen LogP contribution is -2.54. The Hall–Kier alpha value is -0.280. The van der Waals surface area contributed by atoms with Gasteiger partial charge in [-0.1, -0.05) is 12.8 Å². The van der Waals surface area contributed by atoms with Crippen LogP contribution in [-0.2, 0) is 4.79 Å². The number of hydrogen-bond donors (Lipinski definition) is 1. The maximum absolute atomic E-state index is 11.4. The van der Waals surface area contributed by atoms with Crippen molar-refractivity contribution < 1.29 is 4.79 Å². The predicted octanol–water partition coefficient (Wildman–Crippen LogP) is 1.99. The summed E-state index contributed by atoms with van der Waals surface area (Å²) < 4.78 is 0. The summed E-state index contributed by atoms with van der Waals surface area (Å²) in [6.45, 7) is 4.38. The number of hydrogen-bond acceptors (Lipinski definition) is 2. The van der Waals surface area contributed by atoms with E-state index in [1.165, 1.54) is 19.3 Å². The van der Waals surface area contributed by atoms with Gasteiger partial charge in [0.25, 0.3) is 0 Å². The van der Waals surface area contributed by atoms with Gasteiger partial charge in [-0.2, -0.15) is 0 Å². The average Bonchev–Trinajstić information content (AvgIpc) is 2.28. The van der Waals surface area contributed by atoms with Crippen LogP contribution in [0.2, 0.25) is 0 Å². The Morgan fingerprint density at radius 1 is 1.44 bits per heavy atom. The number of nitrogens with zero attached hydrogens (tertiary/aromatic N) is 1. The van der Waals surface area contributed by atoms with Gasteiger partial charge in [0.05, 0.1) is 0 Å². The van der Waals surface area contributed by atoms with Crippen LogP contribution in [0.1, 0.15) is 39.5 Å². The van der Waals surface area contributed by atoms with Gasteiger partial charge in [-0.05, 0) is 33.7 Å². The lowest BCUT2D eigenvalue weighted by molar-refractivity contribution is -0.120. The molecule has 0 aromatic heterocycles. The molecule has 0 radical (unpaired) electrons. The van der Waals surface area contributed by atoms with Crippen LogP contribution in [0, 0.1) is 0 Å². The van der Waals surface area contributed by atoms with E-state index in [0.717, 1.165) is 6.42 Å². The van der Waals surface area contributed by atoms with E-state index in [0.29, 0.717) is 12.1 Å². The van der Waals surface area contributed by atoms with Crippen molar-refractivity contribution in [1.82, 2.24) is 10.2 Å². The zero-order chi connectivity index (χ0) is 12.1. The van der Waals surface area contributed by atoms with Crippen molar-refractivity contribution in [2.75, 3.05) is 12.9 Å². The highest BCUT2D eigenvalue weighted by molar-refractivity contribution is 6.27. The van der Waals surface area contributed by atoms with Crippen molar-refractivity contribution in [2.24, 2.45) is 0 Å². The van der Waals surface area contributed by atoms with Gasteiger partial charge in [-0.3, -0.25) is 9.69 Å². The van der Waals surface area contributed by atoms with Crippen molar-refractivity contribution >= 4 is 17.5 Å². The minimum atomic E-state index is -0.0456. The summed E-state index contributed by atoms with van der Waals surface area (Å²) in [6.07, 6.45) is 4.71. The monoisotopic (exact) mass is 246 g/mol. The Bertz CT molecular complexity index is 233. The molecule has 1 amide bonds. The quantitative estimate of drug-likeness (QED) is 0.770. The Balaban J connectivity index is 2.59. The van der Waals surface area contributed by atoms with Gasteiger partial charge in [0.15, 0.2) is 0 Å². The number of nitrogens with one attached hydrogen (secondary N) is 1. The van der Waals surface area contributed by atoms with Crippen LogP contribution in [0.3, 0.4) is 0 Å². The van der Waals surface area contributed by atoms with Crippen LogP contribution in [0.5, 0.6) is 0 Å². The number of alkyl halides is 1. The minimum absolute atomic E-state index is 0.0456. The molecule has 3 nitrogen and oxygen atoms in total. The molecular formula is C12H23ClN2O. The fourth-order valence-electron chi connectivity index (χ4n) is 2.40. The van der Waals surface area contributed by atoms with Crippen molar-refractivity contribution in [3.8, 4) is 0 Å². The first-order valence-corrected chi connectivity index (χ1v) is 6.67. The molecule has 1 saturated carbocycles. The Morgan fingerprint density at radius 2 is 2.06 bits per heavy atom. The summed E-state index contributed by atoms with van der Waals surface area (Å²) in [5.41, 5.74) is 0. The fraction of sp³-hybridized carbons (Fsp3) is 0.917. The summed E-state index contributed by atoms with van der Waals surface area (Å²) >= 11 is 5.54. The third kappa shape index (κ3) is 3.63. The van der Waals surface area contributed by atoms with Crippen LogP contribution in [0.15, 0.2) is 0 Å². The first-order valence-electron chi connectivity index (χ1n) is 6.13. The second-order valence-electron chi connectivity index (χ2n) is 4.92. The molecule has 1 N–H and O–H groups in total. The van der Waals surface area contributed by atoms with E-state index in [2.05, 4.69) is 31.1 Å². The van der Waals surface area contributed by atoms with Crippen molar-refractivity contribution in [1.29, 1.82) is 0 Å². The molecule has 1 aliphatic carbocycles. The molecular weight excluding hydrogens is 224 g/mol. The molecule has 0 saturated heterocycles. The molecule has 4 heteroatoms. The Kier molecular flexibility index (Phi) is 5.56.